The van der Waals surface area contributed by atoms with Crippen LogP contribution in [0.5, 0.6) is 0 Å². The van der Waals surface area contributed by atoms with E-state index in [0.29, 0.717) is 0 Å². The van der Waals surface area contributed by atoms with Crippen molar-refractivity contribution >= 4 is 44.4 Å². The lowest BCUT2D eigenvalue weighted by Gasteiger charge is -2.10. The van der Waals surface area contributed by atoms with Crippen LogP contribution in [0.25, 0.3) is 27.6 Å². The predicted molar refractivity (Wildman–Crippen MR) is 99.9 cm³/mol. The van der Waals surface area contributed by atoms with Crippen LogP contribution in [0.15, 0.2) is 65.7 Å². The number of rotatable bonds is 2. The first-order chi connectivity index (χ1) is 10.9. The van der Waals surface area contributed by atoms with Gasteiger partial charge in [0, 0.05) is 12.3 Å². The van der Waals surface area contributed by atoms with E-state index in [1.165, 1.54) is 39.3 Å². The second kappa shape index (κ2) is 5.98. The van der Waals surface area contributed by atoms with Gasteiger partial charge in [-0.25, -0.2) is 0 Å². The van der Waals surface area contributed by atoms with Crippen LogP contribution in [-0.2, 0) is 0 Å². The zero-order valence-electron chi connectivity index (χ0n) is 12.3. The van der Waals surface area contributed by atoms with E-state index in [1.807, 2.05) is 11.8 Å². The van der Waals surface area contributed by atoms with Crippen molar-refractivity contribution in [3.63, 3.8) is 0 Å². The van der Waals surface area contributed by atoms with Crippen molar-refractivity contribution in [3.8, 4) is 0 Å². The zero-order valence-corrected chi connectivity index (χ0v) is 13.1. The predicted octanol–water partition coefficient (Wildman–Crippen LogP) is 5.54. The number of hydrogen-bond acceptors (Lipinski definition) is 2. The van der Waals surface area contributed by atoms with Gasteiger partial charge in [-0.2, -0.15) is 0 Å². The number of hydrogen-bond donors (Lipinski definition) is 0. The van der Waals surface area contributed by atoms with Crippen molar-refractivity contribution in [2.45, 2.75) is 6.42 Å². The van der Waals surface area contributed by atoms with E-state index in [1.54, 1.807) is 0 Å². The molecule has 0 atom stereocenters. The second-order valence-electron chi connectivity index (χ2n) is 5.49. The molecule has 0 aliphatic carbocycles. The maximum absolute atomic E-state index is 4.60. The van der Waals surface area contributed by atoms with Crippen LogP contribution in [0, 0.1) is 0 Å². The molecule has 0 amide bonds. The van der Waals surface area contributed by atoms with Gasteiger partial charge in [-0.15, -0.1) is 11.8 Å². The number of fused-ring (bicyclic) bond motifs is 2. The molecule has 0 N–H and O–H groups in total. The van der Waals surface area contributed by atoms with Gasteiger partial charge in [0.05, 0.1) is 5.04 Å². The molecule has 0 bridgehead atoms. The van der Waals surface area contributed by atoms with E-state index < -0.39 is 0 Å². The molecule has 108 valence electrons. The number of benzene rings is 3. The fraction of sp³-hybridized carbons (Fsp3) is 0.150. The summed E-state index contributed by atoms with van der Waals surface area (Å²) in [5.41, 5.74) is 1.29. The molecule has 1 heterocycles. The van der Waals surface area contributed by atoms with Crippen LogP contribution in [-0.4, -0.2) is 17.3 Å². The number of thioether (sulfide) groups is 1. The molecule has 1 aliphatic heterocycles. The lowest BCUT2D eigenvalue weighted by molar-refractivity contribution is 0.940. The van der Waals surface area contributed by atoms with Gasteiger partial charge in [-0.3, -0.25) is 4.99 Å². The highest BCUT2D eigenvalue weighted by Gasteiger charge is 2.06. The first kappa shape index (κ1) is 13.6. The molecule has 0 spiro atoms. The molecule has 0 radical (unpaired) electrons. The summed E-state index contributed by atoms with van der Waals surface area (Å²) in [7, 11) is 0. The molecule has 22 heavy (non-hydrogen) atoms. The lowest BCUT2D eigenvalue weighted by Crippen LogP contribution is -2.00. The molecule has 1 nitrogen and oxygen atoms in total. The standard InChI is InChI=1S/C20H17NS/c1-3-8-17-15(6-1)14-16-7-2-4-9-18(16)19(17)10-11-20-21-12-5-13-22-20/h1-4,6-11,14H,5,12-13H2/b11-10+. The van der Waals surface area contributed by atoms with Crippen molar-refractivity contribution < 1.29 is 0 Å². The molecule has 0 aromatic heterocycles. The molecule has 3 aromatic carbocycles. The summed E-state index contributed by atoms with van der Waals surface area (Å²) >= 11 is 1.86. The third kappa shape index (κ3) is 2.55. The van der Waals surface area contributed by atoms with Gasteiger partial charge in [0.1, 0.15) is 0 Å². The van der Waals surface area contributed by atoms with Gasteiger partial charge < -0.3 is 0 Å². The molecule has 2 heteroatoms. The Balaban J connectivity index is 1.92. The molecule has 3 aromatic rings. The van der Waals surface area contributed by atoms with E-state index in [-0.39, 0.29) is 0 Å². The Morgan fingerprint density at radius 2 is 1.55 bits per heavy atom. The van der Waals surface area contributed by atoms with Crippen LogP contribution >= 0.6 is 11.8 Å². The highest BCUT2D eigenvalue weighted by Crippen LogP contribution is 2.29. The molecule has 0 fully saturated rings. The molecule has 0 saturated heterocycles. The third-order valence-corrected chi connectivity index (χ3v) is 5.08. The lowest BCUT2D eigenvalue weighted by atomic mass is 9.96. The smallest absolute Gasteiger partial charge is 0.0904 e. The van der Waals surface area contributed by atoms with Crippen LogP contribution < -0.4 is 0 Å². The van der Waals surface area contributed by atoms with E-state index >= 15 is 0 Å². The summed E-state index contributed by atoms with van der Waals surface area (Å²) in [6.45, 7) is 0.961. The van der Waals surface area contributed by atoms with Crippen LogP contribution in [0.1, 0.15) is 12.0 Å². The van der Waals surface area contributed by atoms with Gasteiger partial charge in [-0.1, -0.05) is 54.6 Å². The van der Waals surface area contributed by atoms with Crippen molar-refractivity contribution in [3.05, 3.63) is 66.2 Å². The molecule has 1 aliphatic rings. The maximum Gasteiger partial charge on any atom is 0.0904 e. The Hall–Kier alpha value is -2.06. The average Bonchev–Trinajstić information content (AvgIpc) is 2.59. The molecular weight excluding hydrogens is 286 g/mol. The summed E-state index contributed by atoms with van der Waals surface area (Å²) in [5, 5.41) is 6.35. The summed E-state index contributed by atoms with van der Waals surface area (Å²) < 4.78 is 0. The first-order valence-corrected chi connectivity index (χ1v) is 8.66. The van der Waals surface area contributed by atoms with E-state index in [4.69, 9.17) is 0 Å². The van der Waals surface area contributed by atoms with Gasteiger partial charge >= 0.3 is 0 Å². The average molecular weight is 303 g/mol. The summed E-state index contributed by atoms with van der Waals surface area (Å²) in [4.78, 5) is 4.60. The van der Waals surface area contributed by atoms with Gasteiger partial charge in [0.25, 0.3) is 0 Å². The monoisotopic (exact) mass is 303 g/mol. The summed E-state index contributed by atoms with van der Waals surface area (Å²) in [6, 6.07) is 19.5. The van der Waals surface area contributed by atoms with Gasteiger partial charge in [0.15, 0.2) is 0 Å². The number of nitrogens with zero attached hydrogens (tertiary/aromatic N) is 1. The van der Waals surface area contributed by atoms with Crippen LogP contribution in [0.4, 0.5) is 0 Å². The van der Waals surface area contributed by atoms with Crippen molar-refractivity contribution in [2.75, 3.05) is 12.3 Å². The van der Waals surface area contributed by atoms with Crippen molar-refractivity contribution in [1.29, 1.82) is 0 Å². The quantitative estimate of drug-likeness (QED) is 0.566. The maximum atomic E-state index is 4.60. The fourth-order valence-corrected chi connectivity index (χ4v) is 3.79. The Morgan fingerprint density at radius 3 is 2.18 bits per heavy atom. The second-order valence-corrected chi connectivity index (χ2v) is 6.60. The zero-order chi connectivity index (χ0) is 14.8. The fourth-order valence-electron chi connectivity index (χ4n) is 2.96. The molecule has 0 unspecified atom stereocenters. The summed E-state index contributed by atoms with van der Waals surface area (Å²) in [6.07, 6.45) is 5.61. The minimum absolute atomic E-state index is 0.961. The minimum atomic E-state index is 0.961. The Labute approximate surface area is 134 Å². The Bertz CT molecular complexity index is 838. The van der Waals surface area contributed by atoms with Gasteiger partial charge in [-0.05, 0) is 45.7 Å². The topological polar surface area (TPSA) is 12.4 Å². The van der Waals surface area contributed by atoms with Crippen molar-refractivity contribution in [2.24, 2.45) is 4.99 Å². The Morgan fingerprint density at radius 1 is 0.864 bits per heavy atom. The molecule has 0 saturated carbocycles. The van der Waals surface area contributed by atoms with E-state index in [2.05, 4.69) is 71.7 Å². The van der Waals surface area contributed by atoms with Crippen LogP contribution in [0.3, 0.4) is 0 Å². The highest BCUT2D eigenvalue weighted by atomic mass is 32.2. The molecular formula is C20H17NS. The Kier molecular flexibility index (Phi) is 3.69. The molecule has 4 rings (SSSR count). The van der Waals surface area contributed by atoms with E-state index in [0.717, 1.165) is 11.6 Å². The van der Waals surface area contributed by atoms with Crippen molar-refractivity contribution in [1.82, 2.24) is 0 Å². The largest absolute Gasteiger partial charge is 0.278 e. The number of aliphatic imine (C=N–C) groups is 1. The first-order valence-electron chi connectivity index (χ1n) is 7.68. The normalized spacial score (nSPS) is 15.5. The third-order valence-electron chi connectivity index (χ3n) is 4.03. The summed E-state index contributed by atoms with van der Waals surface area (Å²) in [5.74, 6) is 1.18. The highest BCUT2D eigenvalue weighted by molar-refractivity contribution is 8.14. The van der Waals surface area contributed by atoms with E-state index in [9.17, 15) is 0 Å². The van der Waals surface area contributed by atoms with Gasteiger partial charge in [0.2, 0.25) is 0 Å². The SMILES string of the molecule is C(=C\c1c2ccccc2cc2ccccc12)/C1=NCCCS1. The van der Waals surface area contributed by atoms with Crippen LogP contribution in [0.2, 0.25) is 0 Å². The minimum Gasteiger partial charge on any atom is -0.278 e.